The van der Waals surface area contributed by atoms with E-state index in [1.165, 1.54) is 5.57 Å². The van der Waals surface area contributed by atoms with E-state index in [0.717, 1.165) is 0 Å². The molecule has 0 saturated carbocycles. The molecule has 0 aromatic rings. The molecular weight excluding hydrogens is 104 g/mol. The fourth-order valence-electron chi connectivity index (χ4n) is 0.642. The normalized spacial score (nSPS) is 33.4. The first-order valence-electron chi connectivity index (χ1n) is 2.37. The molecule has 1 heteroatoms. The highest BCUT2D eigenvalue weighted by molar-refractivity contribution is 8.21. The van der Waals surface area contributed by atoms with E-state index < -0.39 is 0 Å². The van der Waals surface area contributed by atoms with Gasteiger partial charge >= 0.3 is 0 Å². The summed E-state index contributed by atoms with van der Waals surface area (Å²) >= 11 is 0. The topological polar surface area (TPSA) is 0 Å². The van der Waals surface area contributed by atoms with Crippen LogP contribution in [-0.4, -0.2) is 6.26 Å². The first kappa shape index (κ1) is 4.98. The lowest BCUT2D eigenvalue weighted by Crippen LogP contribution is -1.54. The van der Waals surface area contributed by atoms with Crippen molar-refractivity contribution in [3.8, 4) is 0 Å². The number of hydrogen-bond acceptors (Lipinski definition) is 0. The zero-order valence-electron chi connectivity index (χ0n) is 4.68. The van der Waals surface area contributed by atoms with E-state index in [1.54, 1.807) is 0 Å². The number of rotatable bonds is 0. The maximum atomic E-state index is 2.31. The Morgan fingerprint density at radius 3 is 2.43 bits per heavy atom. The third-order valence-electron chi connectivity index (χ3n) is 0.980. The van der Waals surface area contributed by atoms with Crippen LogP contribution in [0, 0.1) is 0 Å². The van der Waals surface area contributed by atoms with Gasteiger partial charge in [-0.2, -0.15) is 0 Å². The van der Waals surface area contributed by atoms with Crippen LogP contribution in [0.3, 0.4) is 0 Å². The summed E-state index contributed by atoms with van der Waals surface area (Å²) in [7, 11) is 0.153. The summed E-state index contributed by atoms with van der Waals surface area (Å²) in [5.74, 6) is 0. The van der Waals surface area contributed by atoms with Gasteiger partial charge in [-0.25, -0.2) is 10.9 Å². The number of hydrogen-bond donors (Lipinski definition) is 1. The zero-order valence-corrected chi connectivity index (χ0v) is 5.57. The zero-order chi connectivity index (χ0) is 5.28. The van der Waals surface area contributed by atoms with Crippen molar-refractivity contribution >= 4 is 10.9 Å². The molecule has 0 aliphatic carbocycles. The maximum Gasteiger partial charge on any atom is -0.0302 e. The first-order chi connectivity index (χ1) is 3.29. The third kappa shape index (κ3) is 1.10. The molecule has 1 rings (SSSR count). The molecular formula is C6H10S. The Morgan fingerprint density at radius 2 is 2.29 bits per heavy atom. The first-order valence-corrected chi connectivity index (χ1v) is 4.30. The summed E-state index contributed by atoms with van der Waals surface area (Å²) in [6.45, 7) is 2.14. The molecule has 7 heavy (non-hydrogen) atoms. The SMILES string of the molecule is CC1=C[SH](C)C=C1. The molecule has 0 aromatic heterocycles. The van der Waals surface area contributed by atoms with Crippen LogP contribution >= 0.6 is 10.9 Å². The summed E-state index contributed by atoms with van der Waals surface area (Å²) in [6.07, 6.45) is 4.44. The highest BCUT2D eigenvalue weighted by Crippen LogP contribution is 2.31. The van der Waals surface area contributed by atoms with Crippen molar-refractivity contribution < 1.29 is 0 Å². The van der Waals surface area contributed by atoms with Crippen molar-refractivity contribution in [3.05, 3.63) is 22.5 Å². The molecule has 0 N–H and O–H groups in total. The fraction of sp³-hybridized carbons (Fsp3) is 0.333. The summed E-state index contributed by atoms with van der Waals surface area (Å²) in [5.41, 5.74) is 1.42. The third-order valence-corrected chi connectivity index (χ3v) is 2.41. The Balaban J connectivity index is 2.69. The van der Waals surface area contributed by atoms with Gasteiger partial charge in [0.05, 0.1) is 0 Å². The average molecular weight is 114 g/mol. The minimum absolute atomic E-state index is 0.153. The standard InChI is InChI=1S/C6H10S/c1-6-3-4-7(2)5-6/h3-5,7H,1-2H3. The largest absolute Gasteiger partial charge is 0.216 e. The summed E-state index contributed by atoms with van der Waals surface area (Å²) in [6, 6.07) is 0. The van der Waals surface area contributed by atoms with E-state index in [4.69, 9.17) is 0 Å². The van der Waals surface area contributed by atoms with Crippen LogP contribution in [0.25, 0.3) is 0 Å². The molecule has 0 nitrogen and oxygen atoms in total. The van der Waals surface area contributed by atoms with E-state index in [1.807, 2.05) is 0 Å². The Morgan fingerprint density at radius 1 is 1.57 bits per heavy atom. The predicted molar refractivity (Wildman–Crippen MR) is 37.8 cm³/mol. The van der Waals surface area contributed by atoms with Gasteiger partial charge in [-0.3, -0.25) is 0 Å². The van der Waals surface area contributed by atoms with Crippen molar-refractivity contribution in [2.24, 2.45) is 0 Å². The van der Waals surface area contributed by atoms with Crippen LogP contribution in [0.4, 0.5) is 0 Å². The molecule has 1 aliphatic rings. The van der Waals surface area contributed by atoms with E-state index in [0.29, 0.717) is 0 Å². The van der Waals surface area contributed by atoms with Gasteiger partial charge in [0.1, 0.15) is 0 Å². The van der Waals surface area contributed by atoms with Gasteiger partial charge < -0.3 is 0 Å². The van der Waals surface area contributed by atoms with Gasteiger partial charge in [0.15, 0.2) is 0 Å². The summed E-state index contributed by atoms with van der Waals surface area (Å²) in [5, 5.41) is 4.58. The van der Waals surface area contributed by atoms with Gasteiger partial charge in [0.25, 0.3) is 0 Å². The lowest BCUT2D eigenvalue weighted by Gasteiger charge is -1.93. The van der Waals surface area contributed by atoms with Gasteiger partial charge in [0, 0.05) is 0 Å². The lowest BCUT2D eigenvalue weighted by atomic mass is 10.4. The molecule has 1 heterocycles. The van der Waals surface area contributed by atoms with Crippen LogP contribution in [0.5, 0.6) is 0 Å². The van der Waals surface area contributed by atoms with E-state index in [9.17, 15) is 0 Å². The second kappa shape index (κ2) is 1.74. The van der Waals surface area contributed by atoms with E-state index in [2.05, 4.69) is 30.1 Å². The van der Waals surface area contributed by atoms with Crippen molar-refractivity contribution in [3.63, 3.8) is 0 Å². The molecule has 0 saturated heterocycles. The average Bonchev–Trinajstić information content (AvgIpc) is 1.87. The highest BCUT2D eigenvalue weighted by atomic mass is 32.2. The van der Waals surface area contributed by atoms with E-state index in [-0.39, 0.29) is 10.9 Å². The van der Waals surface area contributed by atoms with Crippen molar-refractivity contribution in [2.75, 3.05) is 6.26 Å². The molecule has 0 radical (unpaired) electrons. The van der Waals surface area contributed by atoms with Crippen molar-refractivity contribution in [2.45, 2.75) is 6.92 Å². The smallest absolute Gasteiger partial charge is 0.0302 e. The monoisotopic (exact) mass is 114 g/mol. The van der Waals surface area contributed by atoms with Crippen molar-refractivity contribution in [1.82, 2.24) is 0 Å². The Bertz CT molecular complexity index is 122. The van der Waals surface area contributed by atoms with Crippen LogP contribution in [0.1, 0.15) is 6.92 Å². The molecule has 1 unspecified atom stereocenters. The molecule has 1 aliphatic heterocycles. The Labute approximate surface area is 47.3 Å². The molecule has 40 valence electrons. The fourth-order valence-corrected chi connectivity index (χ4v) is 1.93. The molecule has 0 spiro atoms. The van der Waals surface area contributed by atoms with Gasteiger partial charge in [0.2, 0.25) is 0 Å². The molecule has 0 bridgehead atoms. The van der Waals surface area contributed by atoms with Crippen molar-refractivity contribution in [1.29, 1.82) is 0 Å². The second-order valence-corrected chi connectivity index (χ2v) is 3.74. The minimum Gasteiger partial charge on any atom is -0.216 e. The van der Waals surface area contributed by atoms with E-state index >= 15 is 0 Å². The maximum absolute atomic E-state index is 2.31. The number of thiol groups is 1. The Kier molecular flexibility index (Phi) is 1.24. The van der Waals surface area contributed by atoms with Crippen LogP contribution in [0.15, 0.2) is 22.5 Å². The Hall–Kier alpha value is -0.170. The molecule has 0 amide bonds. The minimum atomic E-state index is 0.153. The van der Waals surface area contributed by atoms with Crippen LogP contribution < -0.4 is 0 Å². The second-order valence-electron chi connectivity index (χ2n) is 1.85. The predicted octanol–water partition coefficient (Wildman–Crippen LogP) is 2.05. The van der Waals surface area contributed by atoms with Crippen LogP contribution in [0.2, 0.25) is 0 Å². The van der Waals surface area contributed by atoms with Crippen LogP contribution in [-0.2, 0) is 0 Å². The molecule has 0 aromatic carbocycles. The number of allylic oxidation sites excluding steroid dienone is 2. The quantitative estimate of drug-likeness (QED) is 0.458. The van der Waals surface area contributed by atoms with Gasteiger partial charge in [-0.15, -0.1) is 0 Å². The lowest BCUT2D eigenvalue weighted by molar-refractivity contribution is 1.58. The summed E-state index contributed by atoms with van der Waals surface area (Å²) < 4.78 is 0. The highest BCUT2D eigenvalue weighted by Gasteiger charge is 1.92. The van der Waals surface area contributed by atoms with Gasteiger partial charge in [-0.05, 0) is 29.6 Å². The molecule has 0 fully saturated rings. The van der Waals surface area contributed by atoms with Gasteiger partial charge in [-0.1, -0.05) is 6.08 Å². The molecule has 1 atom stereocenters. The summed E-state index contributed by atoms with van der Waals surface area (Å²) in [4.78, 5) is 0.